The lowest BCUT2D eigenvalue weighted by molar-refractivity contribution is -0.0139. The first kappa shape index (κ1) is 18.8. The van der Waals surface area contributed by atoms with Gasteiger partial charge in [-0.3, -0.25) is 0 Å². The maximum absolute atomic E-state index is 9.54. The molecule has 0 bridgehead atoms. The van der Waals surface area contributed by atoms with E-state index in [0.717, 1.165) is 13.0 Å². The highest BCUT2D eigenvalue weighted by molar-refractivity contribution is 4.57. The van der Waals surface area contributed by atoms with Crippen LogP contribution in [0.15, 0.2) is 0 Å². The molecule has 0 rings (SSSR count). The number of rotatable bonds is 15. The van der Waals surface area contributed by atoms with Gasteiger partial charge in [-0.05, 0) is 13.0 Å². The van der Waals surface area contributed by atoms with Crippen molar-refractivity contribution >= 4 is 0 Å². The van der Waals surface area contributed by atoms with E-state index in [1.54, 1.807) is 7.11 Å². The molecule has 0 aliphatic carbocycles. The van der Waals surface area contributed by atoms with Crippen LogP contribution in [0.3, 0.4) is 0 Å². The fourth-order valence-electron chi connectivity index (χ4n) is 1.31. The lowest BCUT2D eigenvalue weighted by atomic mass is 10.3. The number of aliphatic hydroxyl groups is 1. The van der Waals surface area contributed by atoms with Gasteiger partial charge in [0.05, 0.1) is 52.4 Å². The second-order valence-corrected chi connectivity index (χ2v) is 4.15. The fourth-order valence-corrected chi connectivity index (χ4v) is 1.31. The smallest absolute Gasteiger partial charge is 0.0897 e. The molecular formula is C13H29NO5. The van der Waals surface area contributed by atoms with Gasteiger partial charge in [-0.25, -0.2) is 0 Å². The van der Waals surface area contributed by atoms with Gasteiger partial charge < -0.3 is 29.4 Å². The lowest BCUT2D eigenvalue weighted by Gasteiger charge is -2.12. The first-order chi connectivity index (χ1) is 9.31. The molecule has 0 amide bonds. The van der Waals surface area contributed by atoms with Crippen molar-refractivity contribution in [2.45, 2.75) is 19.4 Å². The summed E-state index contributed by atoms with van der Waals surface area (Å²) in [6, 6.07) is 0. The summed E-state index contributed by atoms with van der Waals surface area (Å²) in [4.78, 5) is 0. The van der Waals surface area contributed by atoms with Crippen molar-refractivity contribution in [3.8, 4) is 0 Å². The van der Waals surface area contributed by atoms with Crippen molar-refractivity contribution < 1.29 is 24.1 Å². The monoisotopic (exact) mass is 279 g/mol. The molecule has 0 spiro atoms. The maximum Gasteiger partial charge on any atom is 0.0897 e. The summed E-state index contributed by atoms with van der Waals surface area (Å²) in [6.45, 7) is 7.23. The maximum atomic E-state index is 9.54. The van der Waals surface area contributed by atoms with E-state index in [1.165, 1.54) is 0 Å². The zero-order valence-electron chi connectivity index (χ0n) is 12.2. The highest BCUT2D eigenvalue weighted by atomic mass is 16.6. The number of methoxy groups -OCH3 is 1. The summed E-state index contributed by atoms with van der Waals surface area (Å²) < 4.78 is 20.7. The number of ether oxygens (including phenoxy) is 4. The highest BCUT2D eigenvalue weighted by Crippen LogP contribution is 1.86. The van der Waals surface area contributed by atoms with Gasteiger partial charge >= 0.3 is 0 Å². The Balaban J connectivity index is 3.05. The average Bonchev–Trinajstić information content (AvgIpc) is 2.41. The van der Waals surface area contributed by atoms with E-state index in [9.17, 15) is 5.11 Å². The van der Waals surface area contributed by atoms with Crippen molar-refractivity contribution in [3.63, 3.8) is 0 Å². The number of hydrogen-bond donors (Lipinski definition) is 2. The van der Waals surface area contributed by atoms with Crippen LogP contribution >= 0.6 is 0 Å². The minimum absolute atomic E-state index is 0.338. The van der Waals surface area contributed by atoms with E-state index in [-0.39, 0.29) is 0 Å². The van der Waals surface area contributed by atoms with Crippen LogP contribution in [0.5, 0.6) is 0 Å². The minimum Gasteiger partial charge on any atom is -0.389 e. The van der Waals surface area contributed by atoms with Crippen LogP contribution in [0.4, 0.5) is 0 Å². The van der Waals surface area contributed by atoms with Gasteiger partial charge in [-0.2, -0.15) is 0 Å². The summed E-state index contributed by atoms with van der Waals surface area (Å²) >= 11 is 0. The Morgan fingerprint density at radius 1 is 0.947 bits per heavy atom. The molecule has 0 saturated heterocycles. The molecule has 0 aliphatic rings. The molecule has 2 N–H and O–H groups in total. The van der Waals surface area contributed by atoms with Crippen LogP contribution in [0, 0.1) is 0 Å². The molecule has 0 heterocycles. The van der Waals surface area contributed by atoms with E-state index in [2.05, 4.69) is 12.2 Å². The van der Waals surface area contributed by atoms with E-state index >= 15 is 0 Å². The van der Waals surface area contributed by atoms with Crippen molar-refractivity contribution in [1.29, 1.82) is 0 Å². The molecule has 6 heteroatoms. The second kappa shape index (κ2) is 15.8. The molecule has 1 unspecified atom stereocenters. The molecule has 116 valence electrons. The predicted molar refractivity (Wildman–Crippen MR) is 73.5 cm³/mol. The van der Waals surface area contributed by atoms with Crippen LogP contribution in [0.2, 0.25) is 0 Å². The third-order valence-electron chi connectivity index (χ3n) is 2.29. The van der Waals surface area contributed by atoms with Crippen LogP contribution in [0.1, 0.15) is 13.3 Å². The quantitative estimate of drug-likeness (QED) is 0.413. The molecule has 0 radical (unpaired) electrons. The molecular weight excluding hydrogens is 250 g/mol. The first-order valence-electron chi connectivity index (χ1n) is 6.92. The van der Waals surface area contributed by atoms with Gasteiger partial charge in [0.25, 0.3) is 0 Å². The summed E-state index contributed by atoms with van der Waals surface area (Å²) in [6.07, 6.45) is 0.609. The largest absolute Gasteiger partial charge is 0.389 e. The molecule has 0 saturated carbocycles. The topological polar surface area (TPSA) is 69.2 Å². The zero-order valence-corrected chi connectivity index (χ0v) is 12.2. The Morgan fingerprint density at radius 2 is 1.53 bits per heavy atom. The molecule has 19 heavy (non-hydrogen) atoms. The first-order valence-corrected chi connectivity index (χ1v) is 6.92. The number of hydrogen-bond acceptors (Lipinski definition) is 6. The third kappa shape index (κ3) is 15.7. The Hall–Kier alpha value is -0.240. The zero-order chi connectivity index (χ0) is 14.2. The summed E-state index contributed by atoms with van der Waals surface area (Å²) in [5.74, 6) is 0. The van der Waals surface area contributed by atoms with Crippen molar-refractivity contribution in [1.82, 2.24) is 5.32 Å². The van der Waals surface area contributed by atoms with Crippen LogP contribution in [-0.4, -0.2) is 77.7 Å². The Kier molecular flexibility index (Phi) is 15.6. The average molecular weight is 279 g/mol. The Morgan fingerprint density at radius 3 is 2.11 bits per heavy atom. The Labute approximate surface area is 116 Å². The van der Waals surface area contributed by atoms with Crippen LogP contribution in [0.25, 0.3) is 0 Å². The van der Waals surface area contributed by atoms with Gasteiger partial charge in [-0.1, -0.05) is 6.92 Å². The normalized spacial score (nSPS) is 12.8. The lowest BCUT2D eigenvalue weighted by Crippen LogP contribution is -2.31. The summed E-state index contributed by atoms with van der Waals surface area (Å²) in [5, 5.41) is 12.7. The molecule has 0 aromatic carbocycles. The second-order valence-electron chi connectivity index (χ2n) is 4.15. The summed E-state index contributed by atoms with van der Waals surface area (Å²) in [5.41, 5.74) is 0. The van der Waals surface area contributed by atoms with Gasteiger partial charge in [0, 0.05) is 13.7 Å². The molecule has 0 aliphatic heterocycles. The standard InChI is InChI=1S/C13H29NO5/c1-3-4-14-11-13(15)12-19-10-9-18-8-7-17-6-5-16-2/h13-15H,3-12H2,1-2H3. The molecule has 1 atom stereocenters. The number of nitrogens with one attached hydrogen (secondary N) is 1. The van der Waals surface area contributed by atoms with Crippen molar-refractivity contribution in [3.05, 3.63) is 0 Å². The minimum atomic E-state index is -0.455. The molecule has 0 aromatic heterocycles. The van der Waals surface area contributed by atoms with Gasteiger partial charge in [0.1, 0.15) is 0 Å². The van der Waals surface area contributed by atoms with Crippen molar-refractivity contribution in [2.75, 3.05) is 66.4 Å². The van der Waals surface area contributed by atoms with E-state index in [0.29, 0.717) is 52.8 Å². The van der Waals surface area contributed by atoms with Crippen LogP contribution < -0.4 is 5.32 Å². The van der Waals surface area contributed by atoms with Crippen LogP contribution in [-0.2, 0) is 18.9 Å². The van der Waals surface area contributed by atoms with E-state index in [4.69, 9.17) is 18.9 Å². The van der Waals surface area contributed by atoms with Gasteiger partial charge in [0.15, 0.2) is 0 Å². The Bertz CT molecular complexity index is 171. The predicted octanol–water partition coefficient (Wildman–Crippen LogP) is 0.0431. The fraction of sp³-hybridized carbons (Fsp3) is 1.00. The summed E-state index contributed by atoms with van der Waals surface area (Å²) in [7, 11) is 1.64. The third-order valence-corrected chi connectivity index (χ3v) is 2.29. The van der Waals surface area contributed by atoms with Crippen molar-refractivity contribution in [2.24, 2.45) is 0 Å². The van der Waals surface area contributed by atoms with E-state index in [1.807, 2.05) is 0 Å². The van der Waals surface area contributed by atoms with E-state index < -0.39 is 6.10 Å². The number of aliphatic hydroxyl groups excluding tert-OH is 1. The van der Waals surface area contributed by atoms with Gasteiger partial charge in [0.2, 0.25) is 0 Å². The molecule has 0 fully saturated rings. The SMILES string of the molecule is CCCNCC(O)COCCOCCOCCOC. The molecule has 6 nitrogen and oxygen atoms in total. The highest BCUT2D eigenvalue weighted by Gasteiger charge is 2.02. The van der Waals surface area contributed by atoms with Gasteiger partial charge in [-0.15, -0.1) is 0 Å². The molecule has 0 aromatic rings.